The Labute approximate surface area is 285 Å². The van der Waals surface area contributed by atoms with Crippen molar-refractivity contribution in [2.24, 2.45) is 5.92 Å². The fourth-order valence-electron chi connectivity index (χ4n) is 4.84. The SMILES string of the molecule is COc1ccc(S(=O)(=O)N(CC(=O)N(Cc2c(Cl)cccc2Cl)[C@H](Cc2ccccc2)C(=O)NCC(C)C)c2ccc(F)cc2)cc1. The van der Waals surface area contributed by atoms with Crippen molar-refractivity contribution in [3.8, 4) is 5.75 Å². The molecule has 0 radical (unpaired) electrons. The predicted octanol–water partition coefficient (Wildman–Crippen LogP) is 6.75. The van der Waals surface area contributed by atoms with Gasteiger partial charge in [0.25, 0.3) is 10.0 Å². The number of benzene rings is 4. The van der Waals surface area contributed by atoms with Crippen LogP contribution in [0.5, 0.6) is 5.75 Å². The van der Waals surface area contributed by atoms with E-state index in [1.807, 2.05) is 44.2 Å². The molecule has 2 amide bonds. The molecular weight excluding hydrogens is 664 g/mol. The minimum Gasteiger partial charge on any atom is -0.497 e. The summed E-state index contributed by atoms with van der Waals surface area (Å²) in [7, 11) is -2.93. The standard InChI is InChI=1S/C35H36Cl2FN3O5S/c1-24(2)21-39-35(43)33(20-25-8-5-4-6-9-25)40(22-30-31(36)10-7-11-32(30)37)34(42)23-41(27-14-12-26(38)13-15-27)47(44,45)29-18-16-28(46-3)17-19-29/h4-19,24,33H,20-23H2,1-3H3,(H,39,43)/t33-/m1/s1. The van der Waals surface area contributed by atoms with Gasteiger partial charge in [0.1, 0.15) is 24.2 Å². The Morgan fingerprint density at radius 1 is 0.872 bits per heavy atom. The number of anilines is 1. The molecule has 0 aromatic heterocycles. The van der Waals surface area contributed by atoms with Gasteiger partial charge in [-0.05, 0) is 72.1 Å². The van der Waals surface area contributed by atoms with Crippen molar-refractivity contribution in [3.63, 3.8) is 0 Å². The van der Waals surface area contributed by atoms with Crippen LogP contribution >= 0.6 is 23.2 Å². The molecule has 4 aromatic carbocycles. The number of sulfonamides is 1. The van der Waals surface area contributed by atoms with Crippen molar-refractivity contribution in [1.82, 2.24) is 10.2 Å². The van der Waals surface area contributed by atoms with Gasteiger partial charge in [0.15, 0.2) is 0 Å². The number of amides is 2. The quantitative estimate of drug-likeness (QED) is 0.157. The second-order valence-corrected chi connectivity index (χ2v) is 13.9. The van der Waals surface area contributed by atoms with Crippen LogP contribution in [0.25, 0.3) is 0 Å². The van der Waals surface area contributed by atoms with E-state index in [-0.39, 0.29) is 39.5 Å². The molecule has 0 saturated heterocycles. The lowest BCUT2D eigenvalue weighted by Crippen LogP contribution is -2.53. The second kappa shape index (κ2) is 16.1. The van der Waals surface area contributed by atoms with Crippen molar-refractivity contribution >= 4 is 50.7 Å². The van der Waals surface area contributed by atoms with Crippen LogP contribution < -0.4 is 14.4 Å². The highest BCUT2D eigenvalue weighted by Crippen LogP contribution is 2.29. The summed E-state index contributed by atoms with van der Waals surface area (Å²) in [4.78, 5) is 29.6. The zero-order chi connectivity index (χ0) is 34.1. The molecule has 4 aromatic rings. The van der Waals surface area contributed by atoms with Gasteiger partial charge in [-0.25, -0.2) is 12.8 Å². The number of rotatable bonds is 14. The molecule has 47 heavy (non-hydrogen) atoms. The molecule has 0 saturated carbocycles. The molecular formula is C35H36Cl2FN3O5S. The predicted molar refractivity (Wildman–Crippen MR) is 183 cm³/mol. The minimum atomic E-state index is -4.38. The zero-order valence-corrected chi connectivity index (χ0v) is 28.5. The van der Waals surface area contributed by atoms with Gasteiger partial charge in [-0.15, -0.1) is 0 Å². The number of nitrogens with one attached hydrogen (secondary N) is 1. The highest BCUT2D eigenvalue weighted by atomic mass is 35.5. The van der Waals surface area contributed by atoms with Crippen LogP contribution in [0, 0.1) is 11.7 Å². The van der Waals surface area contributed by atoms with Gasteiger partial charge in [0, 0.05) is 35.1 Å². The average Bonchev–Trinajstić information content (AvgIpc) is 3.06. The van der Waals surface area contributed by atoms with Crippen LogP contribution in [-0.4, -0.2) is 51.4 Å². The van der Waals surface area contributed by atoms with Crippen molar-refractivity contribution in [1.29, 1.82) is 0 Å². The van der Waals surface area contributed by atoms with Gasteiger partial charge in [-0.2, -0.15) is 0 Å². The lowest BCUT2D eigenvalue weighted by Gasteiger charge is -2.34. The molecule has 0 fully saturated rings. The monoisotopic (exact) mass is 699 g/mol. The zero-order valence-electron chi connectivity index (χ0n) is 26.2. The molecule has 12 heteroatoms. The molecule has 0 heterocycles. The number of ether oxygens (including phenoxy) is 1. The summed E-state index contributed by atoms with van der Waals surface area (Å²) in [5.74, 6) is -1.15. The summed E-state index contributed by atoms with van der Waals surface area (Å²) >= 11 is 13.1. The molecule has 0 aliphatic heterocycles. The summed E-state index contributed by atoms with van der Waals surface area (Å²) in [5.41, 5.74) is 1.22. The molecule has 0 aliphatic carbocycles. The maximum absolute atomic E-state index is 14.5. The molecule has 0 bridgehead atoms. The molecule has 1 N–H and O–H groups in total. The molecule has 1 atom stereocenters. The Morgan fingerprint density at radius 3 is 2.06 bits per heavy atom. The fourth-order valence-corrected chi connectivity index (χ4v) is 6.77. The summed E-state index contributed by atoms with van der Waals surface area (Å²) in [6.45, 7) is 3.34. The van der Waals surface area contributed by atoms with E-state index in [4.69, 9.17) is 27.9 Å². The molecule has 248 valence electrons. The lowest BCUT2D eigenvalue weighted by molar-refractivity contribution is -0.140. The van der Waals surface area contributed by atoms with Crippen molar-refractivity contribution in [2.75, 3.05) is 24.5 Å². The van der Waals surface area contributed by atoms with Crippen LogP contribution in [0.3, 0.4) is 0 Å². The fraction of sp³-hybridized carbons (Fsp3) is 0.257. The number of methoxy groups -OCH3 is 1. The lowest BCUT2D eigenvalue weighted by atomic mass is 10.0. The third-order valence-electron chi connectivity index (χ3n) is 7.39. The van der Waals surface area contributed by atoms with E-state index < -0.39 is 40.2 Å². The first-order valence-corrected chi connectivity index (χ1v) is 17.1. The molecule has 0 unspecified atom stereocenters. The third kappa shape index (κ3) is 9.24. The van der Waals surface area contributed by atoms with Crippen LogP contribution in [0.1, 0.15) is 25.0 Å². The summed E-state index contributed by atoms with van der Waals surface area (Å²) < 4.78 is 48.3. The maximum Gasteiger partial charge on any atom is 0.264 e. The normalized spacial score (nSPS) is 12.0. The van der Waals surface area contributed by atoms with E-state index in [0.29, 0.717) is 17.9 Å². The summed E-state index contributed by atoms with van der Waals surface area (Å²) in [5, 5.41) is 3.48. The van der Waals surface area contributed by atoms with E-state index in [2.05, 4.69) is 5.32 Å². The van der Waals surface area contributed by atoms with Gasteiger partial charge in [0.05, 0.1) is 17.7 Å². The van der Waals surface area contributed by atoms with Crippen molar-refractivity contribution in [2.45, 2.75) is 37.8 Å². The van der Waals surface area contributed by atoms with Gasteiger partial charge < -0.3 is 15.0 Å². The highest BCUT2D eigenvalue weighted by molar-refractivity contribution is 7.92. The number of halogens is 3. The molecule has 0 aliphatic rings. The number of carbonyl (C=O) groups excluding carboxylic acids is 2. The Hall–Kier alpha value is -4.12. The van der Waals surface area contributed by atoms with Crippen molar-refractivity contribution in [3.05, 3.63) is 124 Å². The third-order valence-corrected chi connectivity index (χ3v) is 9.88. The van der Waals surface area contributed by atoms with E-state index >= 15 is 0 Å². The summed E-state index contributed by atoms with van der Waals surface area (Å²) in [6, 6.07) is 23.4. The Balaban J connectivity index is 1.83. The molecule has 8 nitrogen and oxygen atoms in total. The topological polar surface area (TPSA) is 96.0 Å². The Bertz CT molecular complexity index is 1750. The van der Waals surface area contributed by atoms with Crippen LogP contribution in [0.2, 0.25) is 10.0 Å². The molecule has 0 spiro atoms. The van der Waals surface area contributed by atoms with Crippen LogP contribution in [0.15, 0.2) is 102 Å². The number of carbonyl (C=O) groups is 2. The number of hydrogen-bond donors (Lipinski definition) is 1. The van der Waals surface area contributed by atoms with Gasteiger partial charge in [-0.1, -0.05) is 73.4 Å². The Kier molecular flexibility index (Phi) is 12.3. The second-order valence-electron chi connectivity index (χ2n) is 11.2. The first-order chi connectivity index (χ1) is 22.4. The maximum atomic E-state index is 14.5. The molecule has 4 rings (SSSR count). The van der Waals surface area contributed by atoms with Crippen LogP contribution in [0.4, 0.5) is 10.1 Å². The highest BCUT2D eigenvalue weighted by Gasteiger charge is 2.35. The Morgan fingerprint density at radius 2 is 1.49 bits per heavy atom. The first kappa shape index (κ1) is 35.7. The van der Waals surface area contributed by atoms with E-state index in [0.717, 1.165) is 22.0 Å². The smallest absolute Gasteiger partial charge is 0.264 e. The first-order valence-electron chi connectivity index (χ1n) is 14.9. The van der Waals surface area contributed by atoms with Gasteiger partial charge >= 0.3 is 0 Å². The largest absolute Gasteiger partial charge is 0.497 e. The average molecular weight is 701 g/mol. The van der Waals surface area contributed by atoms with E-state index in [1.165, 1.54) is 48.4 Å². The van der Waals surface area contributed by atoms with E-state index in [9.17, 15) is 22.4 Å². The summed E-state index contributed by atoms with van der Waals surface area (Å²) in [6.07, 6.45) is 0.125. The number of nitrogens with zero attached hydrogens (tertiary/aromatic N) is 2. The number of hydrogen-bond acceptors (Lipinski definition) is 5. The van der Waals surface area contributed by atoms with E-state index in [1.54, 1.807) is 18.2 Å². The van der Waals surface area contributed by atoms with Gasteiger partial charge in [0.2, 0.25) is 11.8 Å². The van der Waals surface area contributed by atoms with Gasteiger partial charge in [-0.3, -0.25) is 13.9 Å². The van der Waals surface area contributed by atoms with Crippen LogP contribution in [-0.2, 0) is 32.6 Å². The van der Waals surface area contributed by atoms with Crippen molar-refractivity contribution < 1.29 is 27.1 Å². The minimum absolute atomic E-state index is 0.0511.